The van der Waals surface area contributed by atoms with Crippen molar-refractivity contribution in [3.05, 3.63) is 16.6 Å². The average Bonchev–Trinajstić information content (AvgIpc) is 2.96. The van der Waals surface area contributed by atoms with Crippen LogP contribution in [0.4, 0.5) is 5.13 Å². The minimum absolute atomic E-state index is 0.551. The normalized spacial score (nSPS) is 10.7. The fraction of sp³-hybridized carbons (Fsp3) is 0.545. The first kappa shape index (κ1) is 13.8. The van der Waals surface area contributed by atoms with Crippen LogP contribution in [-0.4, -0.2) is 36.3 Å². The molecule has 2 rings (SSSR count). The van der Waals surface area contributed by atoms with Crippen LogP contribution in [-0.2, 0) is 13.1 Å². The molecule has 0 unspecified atom stereocenters. The second kappa shape index (κ2) is 5.98. The van der Waals surface area contributed by atoms with Crippen molar-refractivity contribution in [1.29, 1.82) is 0 Å². The van der Waals surface area contributed by atoms with Crippen molar-refractivity contribution < 1.29 is 9.26 Å². The third-order valence-corrected chi connectivity index (χ3v) is 3.57. The summed E-state index contributed by atoms with van der Waals surface area (Å²) in [7, 11) is 5.54. The Bertz CT molecular complexity index is 537. The van der Waals surface area contributed by atoms with Gasteiger partial charge in [-0.3, -0.25) is 0 Å². The van der Waals surface area contributed by atoms with Gasteiger partial charge in [0.25, 0.3) is 0 Å². The zero-order valence-electron chi connectivity index (χ0n) is 11.4. The van der Waals surface area contributed by atoms with Crippen molar-refractivity contribution in [2.75, 3.05) is 26.1 Å². The van der Waals surface area contributed by atoms with Crippen molar-refractivity contribution in [2.45, 2.75) is 20.0 Å². The minimum atomic E-state index is 0.551. The third-order valence-electron chi connectivity index (χ3n) is 2.36. The van der Waals surface area contributed by atoms with E-state index >= 15 is 0 Å². The van der Waals surface area contributed by atoms with E-state index in [1.54, 1.807) is 25.4 Å². The van der Waals surface area contributed by atoms with Gasteiger partial charge in [0, 0.05) is 27.6 Å². The summed E-state index contributed by atoms with van der Waals surface area (Å²) < 4.78 is 10.2. The molecule has 0 saturated carbocycles. The third kappa shape index (κ3) is 3.42. The first-order chi connectivity index (χ1) is 9.10. The lowest BCUT2D eigenvalue weighted by Gasteiger charge is -2.04. The van der Waals surface area contributed by atoms with Crippen molar-refractivity contribution in [1.82, 2.24) is 20.4 Å². The summed E-state index contributed by atoms with van der Waals surface area (Å²) in [4.78, 5) is 11.5. The van der Waals surface area contributed by atoms with Gasteiger partial charge in [-0.1, -0.05) is 16.5 Å². The summed E-state index contributed by atoms with van der Waals surface area (Å²) in [5.74, 6) is 1.88. The van der Waals surface area contributed by atoms with Crippen LogP contribution in [0.15, 0.2) is 4.52 Å². The highest BCUT2D eigenvalue weighted by molar-refractivity contribution is 7.15. The summed E-state index contributed by atoms with van der Waals surface area (Å²) in [5, 5.41) is 7.99. The first-order valence-corrected chi connectivity index (χ1v) is 6.62. The van der Waals surface area contributed by atoms with Gasteiger partial charge in [0.1, 0.15) is 0 Å². The number of aryl methyl sites for hydroxylation is 1. The number of thiazole rings is 1. The summed E-state index contributed by atoms with van der Waals surface area (Å²) in [6, 6.07) is 0. The lowest BCUT2D eigenvalue weighted by atomic mass is 10.5. The molecule has 0 radical (unpaired) electrons. The second-order valence-corrected chi connectivity index (χ2v) is 5.22. The van der Waals surface area contributed by atoms with Gasteiger partial charge in [0.05, 0.1) is 18.5 Å². The van der Waals surface area contributed by atoms with E-state index in [1.165, 1.54) is 0 Å². The standard InChI is InChI=1S/C11H17N5O2S/c1-7-13-9(15-18-7)6-12-5-8-10(17-4)14-11(19-8)16(2)3/h12H,5-6H2,1-4H3. The van der Waals surface area contributed by atoms with E-state index < -0.39 is 0 Å². The van der Waals surface area contributed by atoms with Crippen molar-refractivity contribution in [3.63, 3.8) is 0 Å². The topological polar surface area (TPSA) is 76.3 Å². The van der Waals surface area contributed by atoms with Crippen LogP contribution in [0, 0.1) is 6.92 Å². The van der Waals surface area contributed by atoms with Gasteiger partial charge in [0.2, 0.25) is 11.8 Å². The van der Waals surface area contributed by atoms with E-state index in [2.05, 4.69) is 20.4 Å². The van der Waals surface area contributed by atoms with Crippen LogP contribution in [0.3, 0.4) is 0 Å². The molecule has 104 valence electrons. The van der Waals surface area contributed by atoms with Gasteiger partial charge in [-0.2, -0.15) is 9.97 Å². The molecule has 0 spiro atoms. The summed E-state index contributed by atoms with van der Waals surface area (Å²) >= 11 is 1.60. The Morgan fingerprint density at radius 1 is 1.32 bits per heavy atom. The van der Waals surface area contributed by atoms with Crippen LogP contribution >= 0.6 is 11.3 Å². The molecule has 7 nitrogen and oxygen atoms in total. The summed E-state index contributed by atoms with van der Waals surface area (Å²) in [5.41, 5.74) is 0. The Morgan fingerprint density at radius 2 is 2.11 bits per heavy atom. The van der Waals surface area contributed by atoms with Gasteiger partial charge in [0.15, 0.2) is 11.0 Å². The number of hydrogen-bond acceptors (Lipinski definition) is 8. The molecule has 0 aliphatic rings. The molecular weight excluding hydrogens is 266 g/mol. The highest BCUT2D eigenvalue weighted by Crippen LogP contribution is 2.30. The number of aromatic nitrogens is 3. The first-order valence-electron chi connectivity index (χ1n) is 5.81. The Kier molecular flexibility index (Phi) is 4.33. The molecule has 2 aromatic rings. The number of anilines is 1. The van der Waals surface area contributed by atoms with Crippen LogP contribution < -0.4 is 15.0 Å². The van der Waals surface area contributed by atoms with E-state index in [1.807, 2.05) is 19.0 Å². The second-order valence-electron chi connectivity index (χ2n) is 4.16. The van der Waals surface area contributed by atoms with Crippen LogP contribution in [0.2, 0.25) is 0 Å². The predicted octanol–water partition coefficient (Wildman–Crippen LogP) is 1.20. The summed E-state index contributed by atoms with van der Waals surface area (Å²) in [6.45, 7) is 2.98. The molecule has 2 heterocycles. The lowest BCUT2D eigenvalue weighted by molar-refractivity contribution is 0.384. The fourth-order valence-electron chi connectivity index (χ4n) is 1.49. The lowest BCUT2D eigenvalue weighted by Crippen LogP contribution is -2.13. The number of nitrogens with zero attached hydrogens (tertiary/aromatic N) is 4. The predicted molar refractivity (Wildman–Crippen MR) is 72.6 cm³/mol. The van der Waals surface area contributed by atoms with Crippen molar-refractivity contribution in [2.24, 2.45) is 0 Å². The van der Waals surface area contributed by atoms with Crippen LogP contribution in [0.1, 0.15) is 16.6 Å². The molecule has 0 atom stereocenters. The molecule has 19 heavy (non-hydrogen) atoms. The molecule has 2 aromatic heterocycles. The Morgan fingerprint density at radius 3 is 2.68 bits per heavy atom. The molecule has 0 aliphatic carbocycles. The highest BCUT2D eigenvalue weighted by atomic mass is 32.1. The molecule has 0 amide bonds. The zero-order chi connectivity index (χ0) is 13.8. The van der Waals surface area contributed by atoms with Crippen LogP contribution in [0.5, 0.6) is 5.88 Å². The maximum atomic E-state index is 5.27. The molecule has 0 saturated heterocycles. The van der Waals surface area contributed by atoms with Crippen molar-refractivity contribution >= 4 is 16.5 Å². The average molecular weight is 283 g/mol. The van der Waals surface area contributed by atoms with Crippen molar-refractivity contribution in [3.8, 4) is 5.88 Å². The maximum absolute atomic E-state index is 5.27. The molecule has 0 fully saturated rings. The largest absolute Gasteiger partial charge is 0.480 e. The smallest absolute Gasteiger partial charge is 0.230 e. The Labute approximate surface area is 115 Å². The number of hydrogen-bond donors (Lipinski definition) is 1. The molecule has 0 aromatic carbocycles. The highest BCUT2D eigenvalue weighted by Gasteiger charge is 2.13. The number of ether oxygens (including phenoxy) is 1. The number of methoxy groups -OCH3 is 1. The van der Waals surface area contributed by atoms with Gasteiger partial charge in [-0.05, 0) is 0 Å². The van der Waals surface area contributed by atoms with Gasteiger partial charge >= 0.3 is 0 Å². The quantitative estimate of drug-likeness (QED) is 0.853. The number of nitrogens with one attached hydrogen (secondary N) is 1. The summed E-state index contributed by atoms with van der Waals surface area (Å²) in [6.07, 6.45) is 0. The van der Waals surface area contributed by atoms with Gasteiger partial charge < -0.3 is 19.5 Å². The monoisotopic (exact) mass is 283 g/mol. The number of rotatable bonds is 6. The fourth-order valence-corrected chi connectivity index (χ4v) is 2.41. The van der Waals surface area contributed by atoms with E-state index in [0.717, 1.165) is 10.0 Å². The van der Waals surface area contributed by atoms with E-state index in [0.29, 0.717) is 30.7 Å². The SMILES string of the molecule is COc1nc(N(C)C)sc1CNCc1noc(C)n1. The molecule has 8 heteroatoms. The minimum Gasteiger partial charge on any atom is -0.480 e. The van der Waals surface area contributed by atoms with Crippen LogP contribution in [0.25, 0.3) is 0 Å². The molecular formula is C11H17N5O2S. The van der Waals surface area contributed by atoms with E-state index in [-0.39, 0.29) is 0 Å². The Balaban J connectivity index is 1.95. The maximum Gasteiger partial charge on any atom is 0.230 e. The van der Waals surface area contributed by atoms with E-state index in [9.17, 15) is 0 Å². The van der Waals surface area contributed by atoms with Gasteiger partial charge in [-0.25, -0.2) is 0 Å². The molecule has 0 bridgehead atoms. The zero-order valence-corrected chi connectivity index (χ0v) is 12.2. The molecule has 1 N–H and O–H groups in total. The van der Waals surface area contributed by atoms with E-state index in [4.69, 9.17) is 9.26 Å². The molecule has 0 aliphatic heterocycles. The van der Waals surface area contributed by atoms with Gasteiger partial charge in [-0.15, -0.1) is 0 Å². The Hall–Kier alpha value is -1.67.